The number of fused-ring (bicyclic) bond motifs is 1. The number of benzene rings is 2. The summed E-state index contributed by atoms with van der Waals surface area (Å²) in [6, 6.07) is 17.2. The van der Waals surface area contributed by atoms with Gasteiger partial charge in [0.25, 0.3) is 0 Å². The van der Waals surface area contributed by atoms with E-state index in [1.807, 2.05) is 40.7 Å². The number of esters is 4. The summed E-state index contributed by atoms with van der Waals surface area (Å²) in [6.45, 7) is 10.8. The van der Waals surface area contributed by atoms with Crippen LogP contribution in [0.5, 0.6) is 0 Å². The molecule has 2 aromatic rings. The van der Waals surface area contributed by atoms with E-state index in [0.29, 0.717) is 30.4 Å². The van der Waals surface area contributed by atoms with E-state index in [2.05, 4.69) is 0 Å². The van der Waals surface area contributed by atoms with Crippen molar-refractivity contribution in [3.05, 3.63) is 71.8 Å². The van der Waals surface area contributed by atoms with E-state index >= 15 is 0 Å². The monoisotopic (exact) mass is 606 g/mol. The van der Waals surface area contributed by atoms with E-state index in [1.54, 1.807) is 54.6 Å². The summed E-state index contributed by atoms with van der Waals surface area (Å²) in [5.74, 6) is -3.04. The second-order valence-electron chi connectivity index (χ2n) is 13.0. The highest BCUT2D eigenvalue weighted by atomic mass is 16.6. The number of hydrogen-bond acceptors (Lipinski definition) is 9. The molecule has 3 aliphatic rings. The maximum atomic E-state index is 13.8. The molecule has 2 aromatic carbocycles. The Morgan fingerprint density at radius 3 is 1.91 bits per heavy atom. The van der Waals surface area contributed by atoms with E-state index in [-0.39, 0.29) is 12.3 Å². The minimum atomic E-state index is -1.30. The molecule has 236 valence electrons. The Kier molecular flexibility index (Phi) is 8.64. The van der Waals surface area contributed by atoms with Gasteiger partial charge in [-0.05, 0) is 70.2 Å². The molecule has 1 saturated heterocycles. The zero-order valence-corrected chi connectivity index (χ0v) is 26.2. The maximum Gasteiger partial charge on any atom is 0.338 e. The van der Waals surface area contributed by atoms with Crippen molar-refractivity contribution >= 4 is 23.9 Å². The fraction of sp³-hybridized carbons (Fsp3) is 0.543. The molecule has 5 rings (SSSR count). The molecule has 0 unspecified atom stereocenters. The Labute approximate surface area is 258 Å². The zero-order valence-electron chi connectivity index (χ0n) is 26.2. The number of rotatable bonds is 8. The van der Waals surface area contributed by atoms with Gasteiger partial charge in [0, 0.05) is 13.3 Å². The molecule has 2 bridgehead atoms. The van der Waals surface area contributed by atoms with Gasteiger partial charge < -0.3 is 23.7 Å². The predicted octanol–water partition coefficient (Wildman–Crippen LogP) is 5.69. The maximum absolute atomic E-state index is 13.8. The summed E-state index contributed by atoms with van der Waals surface area (Å²) in [7, 11) is 0. The van der Waals surface area contributed by atoms with Crippen LogP contribution in [0.1, 0.15) is 87.9 Å². The minimum absolute atomic E-state index is 0.146. The van der Waals surface area contributed by atoms with Gasteiger partial charge in [-0.3, -0.25) is 9.59 Å². The number of carbonyl (C=O) groups excluding carboxylic acids is 4. The van der Waals surface area contributed by atoms with Crippen LogP contribution >= 0.6 is 0 Å². The molecule has 0 amide bonds. The fourth-order valence-corrected chi connectivity index (χ4v) is 7.98. The fourth-order valence-electron chi connectivity index (χ4n) is 7.98. The van der Waals surface area contributed by atoms with Gasteiger partial charge in [-0.2, -0.15) is 0 Å². The van der Waals surface area contributed by atoms with Gasteiger partial charge in [-0.1, -0.05) is 50.2 Å². The first-order valence-corrected chi connectivity index (χ1v) is 15.5. The SMILES string of the molecule is CCCC(=O)O[C@@H]1[C@@H]2[C@@H](OC(C)=O)[C@]3(OC2(C)C)[C@H](C)CC[C@H](OC(=O)c2ccccc2)[C@@]3(C)[C@@H]1OC(=O)c1ccccc1. The molecular weight excluding hydrogens is 564 g/mol. The Morgan fingerprint density at radius 1 is 0.795 bits per heavy atom. The van der Waals surface area contributed by atoms with Gasteiger partial charge in [-0.25, -0.2) is 9.59 Å². The normalized spacial score (nSPS) is 33.4. The summed E-state index contributed by atoms with van der Waals surface area (Å²) >= 11 is 0. The summed E-state index contributed by atoms with van der Waals surface area (Å²) < 4.78 is 32.1. The molecular formula is C35H42O9. The third-order valence-corrected chi connectivity index (χ3v) is 9.85. The van der Waals surface area contributed by atoms with Gasteiger partial charge in [0.05, 0.1) is 28.1 Å². The molecule has 9 nitrogen and oxygen atoms in total. The van der Waals surface area contributed by atoms with Gasteiger partial charge in [-0.15, -0.1) is 0 Å². The molecule has 1 aliphatic heterocycles. The second-order valence-corrected chi connectivity index (χ2v) is 13.0. The van der Waals surface area contributed by atoms with Crippen LogP contribution in [0.25, 0.3) is 0 Å². The van der Waals surface area contributed by atoms with Crippen LogP contribution in [0, 0.1) is 17.3 Å². The first kappa shape index (κ1) is 31.7. The molecule has 3 fully saturated rings. The molecule has 2 saturated carbocycles. The molecule has 8 atom stereocenters. The second kappa shape index (κ2) is 12.0. The molecule has 0 N–H and O–H groups in total. The van der Waals surface area contributed by atoms with Crippen LogP contribution in [0.4, 0.5) is 0 Å². The van der Waals surface area contributed by atoms with E-state index in [0.717, 1.165) is 0 Å². The molecule has 0 aromatic heterocycles. The van der Waals surface area contributed by atoms with Gasteiger partial charge >= 0.3 is 23.9 Å². The summed E-state index contributed by atoms with van der Waals surface area (Å²) in [5, 5.41) is 0. The average Bonchev–Trinajstić information content (AvgIpc) is 3.19. The van der Waals surface area contributed by atoms with Crippen molar-refractivity contribution in [2.45, 2.75) is 103 Å². The smallest absolute Gasteiger partial charge is 0.338 e. The van der Waals surface area contributed by atoms with Crippen LogP contribution in [0.2, 0.25) is 0 Å². The largest absolute Gasteiger partial charge is 0.459 e. The summed E-state index contributed by atoms with van der Waals surface area (Å²) in [4.78, 5) is 53.2. The van der Waals surface area contributed by atoms with Gasteiger partial charge in [0.15, 0.2) is 6.10 Å². The molecule has 44 heavy (non-hydrogen) atoms. The van der Waals surface area contributed by atoms with Crippen molar-refractivity contribution in [2.24, 2.45) is 17.3 Å². The molecule has 0 radical (unpaired) electrons. The number of hydrogen-bond donors (Lipinski definition) is 0. The topological polar surface area (TPSA) is 114 Å². The number of ether oxygens (including phenoxy) is 5. The van der Waals surface area contributed by atoms with Crippen molar-refractivity contribution in [3.8, 4) is 0 Å². The first-order valence-electron chi connectivity index (χ1n) is 15.5. The minimum Gasteiger partial charge on any atom is -0.459 e. The van der Waals surface area contributed by atoms with Crippen LogP contribution in [-0.2, 0) is 33.3 Å². The highest BCUT2D eigenvalue weighted by Crippen LogP contribution is 2.68. The van der Waals surface area contributed by atoms with E-state index < -0.39 is 70.8 Å². The van der Waals surface area contributed by atoms with E-state index in [1.165, 1.54) is 6.92 Å². The lowest BCUT2D eigenvalue weighted by Crippen LogP contribution is -2.76. The molecule has 2 aliphatic carbocycles. The van der Waals surface area contributed by atoms with Crippen LogP contribution in [0.3, 0.4) is 0 Å². The summed E-state index contributed by atoms with van der Waals surface area (Å²) in [5.41, 5.74) is -2.85. The number of carbonyl (C=O) groups is 4. The van der Waals surface area contributed by atoms with Crippen LogP contribution in [-0.4, -0.2) is 59.5 Å². The quantitative estimate of drug-likeness (QED) is 0.276. The Bertz CT molecular complexity index is 1390. The standard InChI is InChI=1S/C35H42O9/c1-7-14-26(37)42-28-27-29(40-22(3)36)35(44-33(27,4)5)21(2)19-20-25(41-31(38)23-15-10-8-11-16-23)34(35,6)30(28)43-32(39)24-17-12-9-13-18-24/h8-13,15-18,21,25,27-30H,7,14,19-20H2,1-6H3/t21-,25+,27-,28-,29-,30-,34+,35-/m1/s1. The van der Waals surface area contributed by atoms with Crippen molar-refractivity contribution in [1.29, 1.82) is 0 Å². The Hall–Kier alpha value is -3.72. The zero-order chi connectivity index (χ0) is 31.9. The summed E-state index contributed by atoms with van der Waals surface area (Å²) in [6.07, 6.45) is -2.19. The molecule has 1 heterocycles. The molecule has 1 spiro atoms. The van der Waals surface area contributed by atoms with Crippen molar-refractivity contribution < 1.29 is 42.9 Å². The van der Waals surface area contributed by atoms with Crippen LogP contribution < -0.4 is 0 Å². The van der Waals surface area contributed by atoms with Gasteiger partial charge in [0.2, 0.25) is 0 Å². The average molecular weight is 607 g/mol. The van der Waals surface area contributed by atoms with Crippen molar-refractivity contribution in [1.82, 2.24) is 0 Å². The molecule has 9 heteroatoms. The van der Waals surface area contributed by atoms with Crippen molar-refractivity contribution in [2.75, 3.05) is 0 Å². The lowest BCUT2D eigenvalue weighted by atomic mass is 9.48. The Morgan fingerprint density at radius 2 is 1.36 bits per heavy atom. The highest BCUT2D eigenvalue weighted by molar-refractivity contribution is 5.90. The van der Waals surface area contributed by atoms with Gasteiger partial charge in [0.1, 0.15) is 23.9 Å². The van der Waals surface area contributed by atoms with E-state index in [4.69, 9.17) is 23.7 Å². The highest BCUT2D eigenvalue weighted by Gasteiger charge is 2.82. The van der Waals surface area contributed by atoms with Crippen LogP contribution in [0.15, 0.2) is 60.7 Å². The Balaban J connectivity index is 1.71. The van der Waals surface area contributed by atoms with Crippen molar-refractivity contribution in [3.63, 3.8) is 0 Å². The van der Waals surface area contributed by atoms with E-state index in [9.17, 15) is 19.2 Å². The predicted molar refractivity (Wildman–Crippen MR) is 160 cm³/mol. The lowest BCUT2D eigenvalue weighted by Gasteiger charge is -2.62. The third kappa shape index (κ3) is 5.19. The first-order chi connectivity index (χ1) is 20.9. The third-order valence-electron chi connectivity index (χ3n) is 9.85. The lowest BCUT2D eigenvalue weighted by molar-refractivity contribution is -0.296.